The van der Waals surface area contributed by atoms with Gasteiger partial charge < -0.3 is 15.5 Å². The number of halogens is 1. The van der Waals surface area contributed by atoms with Gasteiger partial charge in [-0.2, -0.15) is 0 Å². The van der Waals surface area contributed by atoms with E-state index in [-0.39, 0.29) is 23.7 Å². The zero-order valence-electron chi connectivity index (χ0n) is 14.7. The highest BCUT2D eigenvalue weighted by molar-refractivity contribution is 5.89. The van der Waals surface area contributed by atoms with Crippen LogP contribution in [-0.2, 0) is 11.3 Å². The van der Waals surface area contributed by atoms with Crippen LogP contribution in [0.15, 0.2) is 48.5 Å². The normalized spacial score (nSPS) is 16.6. The van der Waals surface area contributed by atoms with Gasteiger partial charge in [0.1, 0.15) is 5.82 Å². The van der Waals surface area contributed by atoms with Crippen LogP contribution in [0.4, 0.5) is 14.9 Å². The summed E-state index contributed by atoms with van der Waals surface area (Å²) in [6, 6.07) is 13.4. The Labute approximate surface area is 152 Å². The molecule has 3 amide bonds. The van der Waals surface area contributed by atoms with Gasteiger partial charge in [0.2, 0.25) is 5.91 Å². The second-order valence-corrected chi connectivity index (χ2v) is 6.68. The molecule has 5 nitrogen and oxygen atoms in total. The number of aryl methyl sites for hydroxylation is 1. The standard InChI is InChI=1S/C20H22FN3O2/c1-14-3-2-4-18(9-14)23-20(26)22-11-16-10-19(25)24(13-16)12-15-5-7-17(21)8-6-15/h2-9,16H,10-13H2,1H3,(H2,22,23,26). The van der Waals surface area contributed by atoms with E-state index in [9.17, 15) is 14.0 Å². The van der Waals surface area contributed by atoms with Crippen LogP contribution < -0.4 is 10.6 Å². The van der Waals surface area contributed by atoms with Gasteiger partial charge in [0.25, 0.3) is 0 Å². The van der Waals surface area contributed by atoms with Gasteiger partial charge in [-0.05, 0) is 42.3 Å². The van der Waals surface area contributed by atoms with Crippen LogP contribution in [0.3, 0.4) is 0 Å². The maximum Gasteiger partial charge on any atom is 0.319 e. The molecule has 0 saturated carbocycles. The summed E-state index contributed by atoms with van der Waals surface area (Å²) in [5.74, 6) is -0.158. The van der Waals surface area contributed by atoms with Crippen LogP contribution in [0.25, 0.3) is 0 Å². The van der Waals surface area contributed by atoms with E-state index in [2.05, 4.69) is 10.6 Å². The monoisotopic (exact) mass is 355 g/mol. The third-order valence-corrected chi connectivity index (χ3v) is 4.41. The Morgan fingerprint density at radius 1 is 1.23 bits per heavy atom. The number of hydrogen-bond acceptors (Lipinski definition) is 2. The highest BCUT2D eigenvalue weighted by Gasteiger charge is 2.29. The van der Waals surface area contributed by atoms with Crippen LogP contribution in [0, 0.1) is 18.7 Å². The van der Waals surface area contributed by atoms with E-state index in [0.717, 1.165) is 16.8 Å². The molecular formula is C20H22FN3O2. The molecule has 2 aromatic carbocycles. The Hall–Kier alpha value is -2.89. The van der Waals surface area contributed by atoms with Gasteiger partial charge >= 0.3 is 6.03 Å². The summed E-state index contributed by atoms with van der Waals surface area (Å²) >= 11 is 0. The van der Waals surface area contributed by atoms with Crippen molar-refractivity contribution in [3.63, 3.8) is 0 Å². The lowest BCUT2D eigenvalue weighted by Gasteiger charge is -2.17. The minimum absolute atomic E-state index is 0.0558. The molecule has 1 unspecified atom stereocenters. The lowest BCUT2D eigenvalue weighted by molar-refractivity contribution is -0.128. The second-order valence-electron chi connectivity index (χ2n) is 6.68. The molecule has 2 aromatic rings. The predicted molar refractivity (Wildman–Crippen MR) is 98.1 cm³/mol. The zero-order chi connectivity index (χ0) is 18.5. The third kappa shape index (κ3) is 4.81. The topological polar surface area (TPSA) is 61.4 Å². The quantitative estimate of drug-likeness (QED) is 0.864. The maximum atomic E-state index is 13.0. The van der Waals surface area contributed by atoms with Crippen molar-refractivity contribution in [3.8, 4) is 0 Å². The minimum Gasteiger partial charge on any atom is -0.338 e. The van der Waals surface area contributed by atoms with Gasteiger partial charge in [0.15, 0.2) is 0 Å². The molecule has 0 spiro atoms. The summed E-state index contributed by atoms with van der Waals surface area (Å²) in [6.45, 7) is 3.44. The number of carbonyl (C=O) groups is 2. The summed E-state index contributed by atoms with van der Waals surface area (Å²) in [5, 5.41) is 5.62. The molecular weight excluding hydrogens is 333 g/mol. The molecule has 2 N–H and O–H groups in total. The van der Waals surface area contributed by atoms with Crippen molar-refractivity contribution in [1.29, 1.82) is 0 Å². The summed E-state index contributed by atoms with van der Waals surface area (Å²) in [5.41, 5.74) is 2.70. The second kappa shape index (κ2) is 7.99. The number of anilines is 1. The predicted octanol–water partition coefficient (Wildman–Crippen LogP) is 3.30. The van der Waals surface area contributed by atoms with Crippen molar-refractivity contribution in [2.24, 2.45) is 5.92 Å². The molecule has 0 bridgehead atoms. The van der Waals surface area contributed by atoms with Crippen molar-refractivity contribution >= 4 is 17.6 Å². The van der Waals surface area contributed by atoms with Crippen LogP contribution in [0.5, 0.6) is 0 Å². The van der Waals surface area contributed by atoms with Crippen molar-refractivity contribution in [2.75, 3.05) is 18.4 Å². The molecule has 1 aliphatic rings. The molecule has 1 saturated heterocycles. The first-order valence-corrected chi connectivity index (χ1v) is 8.63. The lowest BCUT2D eigenvalue weighted by atomic mass is 10.1. The molecule has 26 heavy (non-hydrogen) atoms. The molecule has 0 aliphatic carbocycles. The average molecular weight is 355 g/mol. The summed E-state index contributed by atoms with van der Waals surface area (Å²) in [7, 11) is 0. The highest BCUT2D eigenvalue weighted by atomic mass is 19.1. The number of benzene rings is 2. The third-order valence-electron chi connectivity index (χ3n) is 4.41. The summed E-state index contributed by atoms with van der Waals surface area (Å²) in [6.07, 6.45) is 0.409. The van der Waals surface area contributed by atoms with Crippen molar-refractivity contribution < 1.29 is 14.0 Å². The smallest absolute Gasteiger partial charge is 0.319 e. The number of carbonyl (C=O) groups excluding carboxylic acids is 2. The van der Waals surface area contributed by atoms with Gasteiger partial charge in [0.05, 0.1) is 0 Å². The molecule has 1 heterocycles. The first kappa shape index (κ1) is 17.9. The Bertz CT molecular complexity index is 792. The molecule has 1 fully saturated rings. The van der Waals surface area contributed by atoms with E-state index in [1.807, 2.05) is 31.2 Å². The van der Waals surface area contributed by atoms with E-state index in [1.54, 1.807) is 17.0 Å². The van der Waals surface area contributed by atoms with E-state index in [1.165, 1.54) is 12.1 Å². The molecule has 1 aliphatic heterocycles. The number of amides is 3. The maximum absolute atomic E-state index is 13.0. The van der Waals surface area contributed by atoms with Crippen LogP contribution >= 0.6 is 0 Å². The SMILES string of the molecule is Cc1cccc(NC(=O)NCC2CC(=O)N(Cc3ccc(F)cc3)C2)c1. The number of rotatable bonds is 5. The van der Waals surface area contributed by atoms with Crippen molar-refractivity contribution in [1.82, 2.24) is 10.2 Å². The van der Waals surface area contributed by atoms with Gasteiger partial charge in [-0.15, -0.1) is 0 Å². The Morgan fingerprint density at radius 2 is 2.00 bits per heavy atom. The molecule has 0 aromatic heterocycles. The van der Waals surface area contributed by atoms with Gasteiger partial charge in [-0.25, -0.2) is 9.18 Å². The fourth-order valence-electron chi connectivity index (χ4n) is 3.09. The van der Waals surface area contributed by atoms with Gasteiger partial charge in [-0.3, -0.25) is 4.79 Å². The molecule has 136 valence electrons. The first-order valence-electron chi connectivity index (χ1n) is 8.63. The number of hydrogen-bond donors (Lipinski definition) is 2. The Balaban J connectivity index is 1.46. The molecule has 1 atom stereocenters. The lowest BCUT2D eigenvalue weighted by Crippen LogP contribution is -2.34. The van der Waals surface area contributed by atoms with Gasteiger partial charge in [-0.1, -0.05) is 24.3 Å². The highest BCUT2D eigenvalue weighted by Crippen LogP contribution is 2.20. The average Bonchev–Trinajstić information content (AvgIpc) is 2.95. The van der Waals surface area contributed by atoms with E-state index >= 15 is 0 Å². The Kier molecular flexibility index (Phi) is 5.51. The zero-order valence-corrected chi connectivity index (χ0v) is 14.7. The number of nitrogens with zero attached hydrogens (tertiary/aromatic N) is 1. The van der Waals surface area contributed by atoms with E-state index in [0.29, 0.717) is 26.1 Å². The largest absolute Gasteiger partial charge is 0.338 e. The van der Waals surface area contributed by atoms with Crippen molar-refractivity contribution in [3.05, 3.63) is 65.5 Å². The number of likely N-dealkylation sites (tertiary alicyclic amines) is 1. The van der Waals surface area contributed by atoms with Gasteiger partial charge in [0, 0.05) is 37.7 Å². The molecule has 0 radical (unpaired) electrons. The van der Waals surface area contributed by atoms with Crippen LogP contribution in [0.1, 0.15) is 17.5 Å². The fraction of sp³-hybridized carbons (Fsp3) is 0.300. The summed E-state index contributed by atoms with van der Waals surface area (Å²) < 4.78 is 13.0. The minimum atomic E-state index is -0.289. The number of urea groups is 1. The first-order chi connectivity index (χ1) is 12.5. The molecule has 3 rings (SSSR count). The van der Waals surface area contributed by atoms with E-state index in [4.69, 9.17) is 0 Å². The van der Waals surface area contributed by atoms with Crippen LogP contribution in [0.2, 0.25) is 0 Å². The van der Waals surface area contributed by atoms with Crippen LogP contribution in [-0.4, -0.2) is 29.9 Å². The Morgan fingerprint density at radius 3 is 2.73 bits per heavy atom. The fourth-order valence-corrected chi connectivity index (χ4v) is 3.09. The van der Waals surface area contributed by atoms with E-state index < -0.39 is 0 Å². The number of nitrogens with one attached hydrogen (secondary N) is 2. The summed E-state index contributed by atoms with van der Waals surface area (Å²) in [4.78, 5) is 25.9. The molecule has 6 heteroatoms. The van der Waals surface area contributed by atoms with Crippen molar-refractivity contribution in [2.45, 2.75) is 19.9 Å².